The van der Waals surface area contributed by atoms with E-state index in [4.69, 9.17) is 9.47 Å². The second-order valence-electron chi connectivity index (χ2n) is 11.7. The number of hydrogen-bond donors (Lipinski definition) is 1. The zero-order valence-electron chi connectivity index (χ0n) is 24.7. The van der Waals surface area contributed by atoms with Crippen molar-refractivity contribution >= 4 is 29.2 Å². The number of rotatable bonds is 5. The first-order valence-corrected chi connectivity index (χ1v) is 14.8. The maximum absolute atomic E-state index is 14.1. The average Bonchev–Trinajstić information content (AvgIpc) is 3.53. The Balaban J connectivity index is 1.61. The zero-order chi connectivity index (χ0) is 33.6. The molecule has 0 saturated carbocycles. The average molecular weight is 671 g/mol. The van der Waals surface area contributed by atoms with Crippen molar-refractivity contribution < 1.29 is 45.7 Å². The van der Waals surface area contributed by atoms with Crippen LogP contribution in [-0.2, 0) is 34.8 Å². The first-order chi connectivity index (χ1) is 21.4. The highest BCUT2D eigenvalue weighted by Gasteiger charge is 2.39. The molecule has 0 unspecified atom stereocenters. The van der Waals surface area contributed by atoms with E-state index in [-0.39, 0.29) is 48.0 Å². The van der Waals surface area contributed by atoms with Gasteiger partial charge in [0.2, 0.25) is 5.88 Å². The lowest BCUT2D eigenvalue weighted by Crippen LogP contribution is -2.52. The zero-order valence-corrected chi connectivity index (χ0v) is 25.5. The van der Waals surface area contributed by atoms with E-state index < -0.39 is 64.0 Å². The topological polar surface area (TPSA) is 106 Å². The monoisotopic (exact) mass is 670 g/mol. The normalized spacial score (nSPS) is 17.5. The molecular formula is C30H28F6N4O5S. The van der Waals surface area contributed by atoms with Gasteiger partial charge in [-0.15, -0.1) is 0 Å². The molecule has 246 valence electrons. The van der Waals surface area contributed by atoms with Crippen molar-refractivity contribution in [1.82, 2.24) is 9.47 Å². The summed E-state index contributed by atoms with van der Waals surface area (Å²) in [6, 6.07) is 5.21. The van der Waals surface area contributed by atoms with Crippen LogP contribution in [0.15, 0.2) is 51.4 Å². The van der Waals surface area contributed by atoms with Crippen molar-refractivity contribution in [2.24, 2.45) is 10.2 Å². The molecule has 46 heavy (non-hydrogen) atoms. The lowest BCUT2D eigenvalue weighted by molar-refractivity contribution is -0.143. The highest BCUT2D eigenvalue weighted by Crippen LogP contribution is 2.39. The van der Waals surface area contributed by atoms with E-state index in [1.54, 1.807) is 32.9 Å². The van der Waals surface area contributed by atoms with Crippen LogP contribution in [-0.4, -0.2) is 58.3 Å². The number of carbonyl (C=O) groups excluding carboxylic acids is 1. The number of fused-ring (bicyclic) bond motifs is 1. The van der Waals surface area contributed by atoms with Gasteiger partial charge in [0.05, 0.1) is 53.4 Å². The molecule has 0 aliphatic carbocycles. The number of morpholine rings is 1. The minimum atomic E-state index is -5.14. The fourth-order valence-electron chi connectivity index (χ4n) is 5.10. The molecule has 3 aromatic rings. The van der Waals surface area contributed by atoms with Gasteiger partial charge in [-0.2, -0.15) is 36.5 Å². The van der Waals surface area contributed by atoms with Gasteiger partial charge in [-0.1, -0.05) is 23.5 Å². The summed E-state index contributed by atoms with van der Waals surface area (Å²) in [7, 11) is 0. The van der Waals surface area contributed by atoms with Gasteiger partial charge in [-0.3, -0.25) is 14.3 Å². The van der Waals surface area contributed by atoms with Crippen molar-refractivity contribution in [3.63, 3.8) is 0 Å². The quantitative estimate of drug-likeness (QED) is 0.397. The molecule has 0 spiro atoms. The van der Waals surface area contributed by atoms with Crippen LogP contribution in [0, 0.1) is 0 Å². The highest BCUT2D eigenvalue weighted by atomic mass is 32.1. The van der Waals surface area contributed by atoms with Gasteiger partial charge >= 0.3 is 23.3 Å². The minimum Gasteiger partial charge on any atom is -0.493 e. The maximum atomic E-state index is 14.1. The smallest absolute Gasteiger partial charge is 0.416 e. The number of hydrogen-bond acceptors (Lipinski definition) is 8. The van der Waals surface area contributed by atoms with Crippen LogP contribution in [0.3, 0.4) is 0 Å². The third-order valence-corrected chi connectivity index (χ3v) is 8.27. The lowest BCUT2D eigenvalue weighted by Gasteiger charge is -2.36. The summed E-state index contributed by atoms with van der Waals surface area (Å²) >= 11 is 0.552. The fraction of sp³-hybridized carbons (Fsp3) is 0.400. The number of thiazole rings is 1. The summed E-state index contributed by atoms with van der Waals surface area (Å²) in [6.45, 7) is 5.24. The Morgan fingerprint density at radius 1 is 1.09 bits per heavy atom. The first-order valence-electron chi connectivity index (χ1n) is 13.9. The molecule has 1 aromatic heterocycles. The fourth-order valence-corrected chi connectivity index (χ4v) is 6.06. The Kier molecular flexibility index (Phi) is 8.81. The Hall–Kier alpha value is -4.18. The molecule has 1 N–H and O–H groups in total. The maximum Gasteiger partial charge on any atom is 0.416 e. The molecule has 2 aliphatic heterocycles. The van der Waals surface area contributed by atoms with E-state index in [9.17, 15) is 41.0 Å². The number of benzene rings is 2. The summed E-state index contributed by atoms with van der Waals surface area (Å²) in [5.74, 6) is -0.584. The van der Waals surface area contributed by atoms with Crippen LogP contribution < -0.4 is 15.4 Å². The number of aromatic hydroxyl groups is 1. The number of amides is 1. The third kappa shape index (κ3) is 7.12. The largest absolute Gasteiger partial charge is 0.493 e. The summed E-state index contributed by atoms with van der Waals surface area (Å²) in [5, 5.41) is 19.9. The van der Waals surface area contributed by atoms with E-state index >= 15 is 0 Å². The van der Waals surface area contributed by atoms with Crippen molar-refractivity contribution in [1.29, 1.82) is 0 Å². The molecule has 0 radical (unpaired) electrons. The molecule has 1 fully saturated rings. The minimum absolute atomic E-state index is 0.0149. The van der Waals surface area contributed by atoms with Crippen LogP contribution in [0.2, 0.25) is 0 Å². The van der Waals surface area contributed by atoms with Crippen LogP contribution in [0.25, 0.3) is 5.57 Å². The van der Waals surface area contributed by atoms with Gasteiger partial charge in [0.25, 0.3) is 0 Å². The second kappa shape index (κ2) is 12.2. The molecule has 5 rings (SSSR count). The van der Waals surface area contributed by atoms with Crippen molar-refractivity contribution in [3.05, 3.63) is 83.8 Å². The molecule has 1 saturated heterocycles. The number of carbonyl (C=O) groups is 1. The predicted octanol–water partition coefficient (Wildman–Crippen LogP) is 4.70. The summed E-state index contributed by atoms with van der Waals surface area (Å²) in [5.41, 5.74) is -3.72. The molecule has 3 heterocycles. The third-order valence-electron chi connectivity index (χ3n) is 7.24. The Labute approximate surface area is 261 Å². The van der Waals surface area contributed by atoms with Gasteiger partial charge in [0, 0.05) is 18.5 Å². The lowest BCUT2D eigenvalue weighted by atomic mass is 9.94. The van der Waals surface area contributed by atoms with Gasteiger partial charge in [0.15, 0.2) is 0 Å². The molecule has 1 atom stereocenters. The molecule has 9 nitrogen and oxygen atoms in total. The van der Waals surface area contributed by atoms with E-state index in [1.165, 1.54) is 17.2 Å². The number of aromatic nitrogens is 1. The number of ether oxygens (including phenoxy) is 2. The van der Waals surface area contributed by atoms with Crippen LogP contribution in [0.1, 0.15) is 47.9 Å². The summed E-state index contributed by atoms with van der Waals surface area (Å²) < 4.78 is 94.3. The molecular weight excluding hydrogens is 642 g/mol. The molecule has 1 amide bonds. The Morgan fingerprint density at radius 3 is 2.50 bits per heavy atom. The second-order valence-corrected chi connectivity index (χ2v) is 12.6. The standard InChI is InChI=1S/C30H28F6N4O5S/c1-28(2,3)45-26(42)39-8-9-44-15-20(39)14-40-25(41)24(46-27(40)43)21(16-5-7-23-18(10-16)13-37-38-23)11-17-4-6-19(29(31,32)33)12-22(17)30(34,35)36/h4-7,10,12-13,20,41H,8-9,11,14-15H2,1-3H3/t20-/m1/s1. The number of alkyl halides is 6. The van der Waals surface area contributed by atoms with Crippen molar-refractivity contribution in [3.8, 4) is 5.88 Å². The van der Waals surface area contributed by atoms with E-state index in [1.807, 2.05) is 0 Å². The highest BCUT2D eigenvalue weighted by molar-refractivity contribution is 7.10. The van der Waals surface area contributed by atoms with E-state index in [0.29, 0.717) is 28.3 Å². The number of nitrogens with zero attached hydrogens (tertiary/aromatic N) is 4. The predicted molar refractivity (Wildman–Crippen MR) is 155 cm³/mol. The van der Waals surface area contributed by atoms with Crippen LogP contribution in [0.4, 0.5) is 31.1 Å². The van der Waals surface area contributed by atoms with Crippen LogP contribution >= 0.6 is 11.3 Å². The molecule has 0 bridgehead atoms. The number of halogens is 6. The van der Waals surface area contributed by atoms with Crippen LogP contribution in [0.5, 0.6) is 5.88 Å². The van der Waals surface area contributed by atoms with Gasteiger partial charge in [-0.05, 0) is 61.4 Å². The van der Waals surface area contributed by atoms with Gasteiger partial charge in [-0.25, -0.2) is 4.79 Å². The molecule has 16 heteroatoms. The van der Waals surface area contributed by atoms with E-state index in [2.05, 4.69) is 10.2 Å². The summed E-state index contributed by atoms with van der Waals surface area (Å²) in [6.07, 6.45) is -9.98. The van der Waals surface area contributed by atoms with Gasteiger partial charge < -0.3 is 14.6 Å². The molecule has 2 aliphatic rings. The Morgan fingerprint density at radius 2 is 1.83 bits per heavy atom. The van der Waals surface area contributed by atoms with E-state index in [0.717, 1.165) is 10.6 Å². The Bertz CT molecular complexity index is 1870. The SMILES string of the molecule is CC(C)(C)OC(=O)N1CCOC[C@H]1Cn1c(O)c(C(Cc2ccc(C(F)(F)F)cc2C(F)(F)F)=c2ccc3c(c2)C=NN=3)sc1=O. The first kappa shape index (κ1) is 33.2. The van der Waals surface area contributed by atoms with Crippen molar-refractivity contribution in [2.75, 3.05) is 19.8 Å². The van der Waals surface area contributed by atoms with Crippen molar-refractivity contribution in [2.45, 2.75) is 57.7 Å². The molecule has 2 aromatic carbocycles. The van der Waals surface area contributed by atoms with Gasteiger partial charge in [0.1, 0.15) is 5.60 Å². The summed E-state index contributed by atoms with van der Waals surface area (Å²) in [4.78, 5) is 26.8.